The lowest BCUT2D eigenvalue weighted by molar-refractivity contribution is -0.136. The molecule has 0 spiro atoms. The fraction of sp³-hybridized carbons (Fsp3) is 0.208. The molecule has 0 radical (unpaired) electrons. The van der Waals surface area contributed by atoms with Gasteiger partial charge in [-0.2, -0.15) is 5.10 Å². The largest absolute Gasteiger partial charge is 0.496 e. The summed E-state index contributed by atoms with van der Waals surface area (Å²) in [6, 6.07) is 12.4. The van der Waals surface area contributed by atoms with E-state index < -0.39 is 5.97 Å². The van der Waals surface area contributed by atoms with Gasteiger partial charge in [0, 0.05) is 27.4 Å². The monoisotopic (exact) mass is 438 g/mol. The van der Waals surface area contributed by atoms with Crippen molar-refractivity contribution in [2.45, 2.75) is 26.8 Å². The van der Waals surface area contributed by atoms with Crippen molar-refractivity contribution < 1.29 is 19.4 Å². The molecule has 6 nitrogen and oxygen atoms in total. The average Bonchev–Trinajstić information content (AvgIpc) is 3.00. The molecule has 0 aliphatic heterocycles. The first-order valence-electron chi connectivity index (χ1n) is 9.68. The standard InChI is InChI=1S/C24H23ClN2O4/c1-15-20(16(2)27(26-15)14-18-6-4-5-7-21(18)25)9-10-22(28)17-8-11-23(31-3)19(12-17)13-24(29)30/h4-12H,13-14H2,1-3H3,(H,29,30)/b10-9+. The number of carboxylic acids is 1. The SMILES string of the molecule is COc1ccc(C(=O)/C=C/c2c(C)nn(Cc3ccccc3Cl)c2C)cc1CC(=O)O. The number of rotatable bonds is 8. The Kier molecular flexibility index (Phi) is 6.92. The van der Waals surface area contributed by atoms with Crippen molar-refractivity contribution in [1.29, 1.82) is 0 Å². The summed E-state index contributed by atoms with van der Waals surface area (Å²) in [5.74, 6) is -0.780. The van der Waals surface area contributed by atoms with Gasteiger partial charge in [0.25, 0.3) is 0 Å². The third-order valence-electron chi connectivity index (χ3n) is 5.02. The molecule has 0 aliphatic carbocycles. The molecule has 0 amide bonds. The number of ether oxygens (including phenoxy) is 1. The molecule has 1 heterocycles. The van der Waals surface area contributed by atoms with Gasteiger partial charge in [-0.25, -0.2) is 0 Å². The van der Waals surface area contributed by atoms with Gasteiger partial charge >= 0.3 is 5.97 Å². The highest BCUT2D eigenvalue weighted by atomic mass is 35.5. The molecular formula is C24H23ClN2O4. The van der Waals surface area contributed by atoms with Crippen LogP contribution < -0.4 is 4.74 Å². The van der Waals surface area contributed by atoms with Crippen molar-refractivity contribution in [2.24, 2.45) is 0 Å². The first kappa shape index (κ1) is 22.3. The summed E-state index contributed by atoms with van der Waals surface area (Å²) in [6.45, 7) is 4.36. The lowest BCUT2D eigenvalue weighted by Crippen LogP contribution is -2.05. The van der Waals surface area contributed by atoms with Crippen LogP contribution >= 0.6 is 11.6 Å². The normalized spacial score (nSPS) is 11.1. The number of carboxylic acid groups (broad SMARTS) is 1. The first-order chi connectivity index (χ1) is 14.8. The van der Waals surface area contributed by atoms with E-state index in [1.807, 2.05) is 42.8 Å². The number of carbonyl (C=O) groups excluding carboxylic acids is 1. The minimum Gasteiger partial charge on any atom is -0.496 e. The van der Waals surface area contributed by atoms with Crippen LogP contribution in [0, 0.1) is 13.8 Å². The van der Waals surface area contributed by atoms with Crippen LogP contribution in [0.3, 0.4) is 0 Å². The summed E-state index contributed by atoms with van der Waals surface area (Å²) in [4.78, 5) is 23.8. The Morgan fingerprint density at radius 1 is 1.16 bits per heavy atom. The molecule has 3 aromatic rings. The Labute approximate surface area is 185 Å². The molecular weight excluding hydrogens is 416 g/mol. The molecule has 7 heteroatoms. The number of nitrogens with zero attached hydrogens (tertiary/aromatic N) is 2. The van der Waals surface area contributed by atoms with E-state index in [9.17, 15) is 9.59 Å². The van der Waals surface area contributed by atoms with Crippen LogP contribution in [0.1, 0.15) is 38.4 Å². The number of benzene rings is 2. The zero-order valence-corrected chi connectivity index (χ0v) is 18.3. The summed E-state index contributed by atoms with van der Waals surface area (Å²) in [7, 11) is 1.47. The van der Waals surface area contributed by atoms with Gasteiger partial charge in [0.2, 0.25) is 0 Å². The van der Waals surface area contributed by atoms with Crippen LogP contribution in [0.15, 0.2) is 48.5 Å². The number of carbonyl (C=O) groups is 2. The molecule has 1 N–H and O–H groups in total. The third kappa shape index (κ3) is 5.22. The summed E-state index contributed by atoms with van der Waals surface area (Å²) < 4.78 is 7.05. The van der Waals surface area contributed by atoms with Crippen LogP contribution in [0.5, 0.6) is 5.75 Å². The van der Waals surface area contributed by atoms with Crippen molar-refractivity contribution in [2.75, 3.05) is 7.11 Å². The minimum atomic E-state index is -0.990. The van der Waals surface area contributed by atoms with Crippen molar-refractivity contribution in [3.8, 4) is 5.75 Å². The van der Waals surface area contributed by atoms with Crippen molar-refractivity contribution >= 4 is 29.4 Å². The van der Waals surface area contributed by atoms with Gasteiger partial charge in [0.1, 0.15) is 5.75 Å². The highest BCUT2D eigenvalue weighted by Crippen LogP contribution is 2.23. The van der Waals surface area contributed by atoms with Crippen LogP contribution in [0.25, 0.3) is 6.08 Å². The quantitative estimate of drug-likeness (QED) is 0.406. The summed E-state index contributed by atoms with van der Waals surface area (Å²) in [6.07, 6.45) is 2.99. The van der Waals surface area contributed by atoms with E-state index in [2.05, 4.69) is 5.10 Å². The number of ketones is 1. The maximum atomic E-state index is 12.7. The highest BCUT2D eigenvalue weighted by molar-refractivity contribution is 6.31. The molecule has 1 aromatic heterocycles. The predicted octanol–water partition coefficient (Wildman–Crippen LogP) is 4.73. The molecule has 3 rings (SSSR count). The molecule has 0 atom stereocenters. The Morgan fingerprint density at radius 3 is 2.58 bits per heavy atom. The van der Waals surface area contributed by atoms with E-state index in [4.69, 9.17) is 21.4 Å². The molecule has 31 heavy (non-hydrogen) atoms. The molecule has 0 fully saturated rings. The molecule has 0 saturated heterocycles. The van der Waals surface area contributed by atoms with Crippen LogP contribution in [-0.4, -0.2) is 33.7 Å². The lowest BCUT2D eigenvalue weighted by Gasteiger charge is -2.08. The lowest BCUT2D eigenvalue weighted by atomic mass is 10.0. The van der Waals surface area contributed by atoms with Crippen molar-refractivity contribution in [3.63, 3.8) is 0 Å². The second kappa shape index (κ2) is 9.62. The Hall–Kier alpha value is -3.38. The summed E-state index contributed by atoms with van der Waals surface area (Å²) in [5.41, 5.74) is 4.39. The Balaban J connectivity index is 1.83. The van der Waals surface area contributed by atoms with Gasteiger partial charge in [-0.3, -0.25) is 14.3 Å². The number of aromatic nitrogens is 2. The Morgan fingerprint density at radius 2 is 1.90 bits per heavy atom. The first-order valence-corrected chi connectivity index (χ1v) is 10.1. The van der Waals surface area contributed by atoms with E-state index in [0.29, 0.717) is 28.4 Å². The van der Waals surface area contributed by atoms with Crippen LogP contribution in [0.2, 0.25) is 5.02 Å². The van der Waals surface area contributed by atoms with Gasteiger partial charge in [0.05, 0.1) is 25.8 Å². The number of hydrogen-bond donors (Lipinski definition) is 1. The number of aliphatic carboxylic acids is 1. The van der Waals surface area contributed by atoms with Gasteiger partial charge in [0.15, 0.2) is 5.78 Å². The van der Waals surface area contributed by atoms with Gasteiger partial charge in [-0.1, -0.05) is 29.8 Å². The number of halogens is 1. The molecule has 0 unspecified atom stereocenters. The molecule has 2 aromatic carbocycles. The summed E-state index contributed by atoms with van der Waals surface area (Å²) in [5, 5.41) is 14.3. The molecule has 0 aliphatic rings. The van der Waals surface area contributed by atoms with E-state index in [-0.39, 0.29) is 12.2 Å². The zero-order valence-electron chi connectivity index (χ0n) is 17.6. The van der Waals surface area contributed by atoms with Crippen molar-refractivity contribution in [1.82, 2.24) is 9.78 Å². The van der Waals surface area contributed by atoms with Crippen LogP contribution in [0.4, 0.5) is 0 Å². The fourth-order valence-electron chi connectivity index (χ4n) is 3.38. The number of allylic oxidation sites excluding steroid dienone is 1. The molecule has 0 saturated carbocycles. The minimum absolute atomic E-state index is 0.221. The van der Waals surface area contributed by atoms with Gasteiger partial charge in [-0.05, 0) is 55.8 Å². The van der Waals surface area contributed by atoms with Gasteiger partial charge in [-0.15, -0.1) is 0 Å². The topological polar surface area (TPSA) is 81.4 Å². The molecule has 160 valence electrons. The average molecular weight is 439 g/mol. The van der Waals surface area contributed by atoms with E-state index >= 15 is 0 Å². The number of hydrogen-bond acceptors (Lipinski definition) is 4. The Bertz CT molecular complexity index is 1160. The highest BCUT2D eigenvalue weighted by Gasteiger charge is 2.13. The number of methoxy groups -OCH3 is 1. The summed E-state index contributed by atoms with van der Waals surface area (Å²) >= 11 is 6.26. The third-order valence-corrected chi connectivity index (χ3v) is 5.39. The van der Waals surface area contributed by atoms with Gasteiger partial charge < -0.3 is 9.84 Å². The molecule has 0 bridgehead atoms. The second-order valence-electron chi connectivity index (χ2n) is 7.13. The zero-order chi connectivity index (χ0) is 22.5. The van der Waals surface area contributed by atoms with E-state index in [1.165, 1.54) is 13.2 Å². The van der Waals surface area contributed by atoms with E-state index in [1.54, 1.807) is 24.3 Å². The fourth-order valence-corrected chi connectivity index (χ4v) is 3.58. The van der Waals surface area contributed by atoms with Crippen LogP contribution in [-0.2, 0) is 17.8 Å². The predicted molar refractivity (Wildman–Crippen MR) is 120 cm³/mol. The van der Waals surface area contributed by atoms with E-state index in [0.717, 1.165) is 22.5 Å². The maximum Gasteiger partial charge on any atom is 0.307 e. The number of aryl methyl sites for hydroxylation is 1. The maximum absolute atomic E-state index is 12.7. The smallest absolute Gasteiger partial charge is 0.307 e. The second-order valence-corrected chi connectivity index (χ2v) is 7.54. The van der Waals surface area contributed by atoms with Crippen molar-refractivity contribution in [3.05, 3.63) is 87.2 Å².